The van der Waals surface area contributed by atoms with E-state index in [4.69, 9.17) is 16.3 Å². The Morgan fingerprint density at radius 3 is 2.32 bits per heavy atom. The first-order chi connectivity index (χ1) is 18.0. The number of unbranched alkanes of at least 4 members (excludes halogenated alkanes) is 1. The Morgan fingerprint density at radius 2 is 1.65 bits per heavy atom. The molecule has 1 N–H and O–H groups in total. The van der Waals surface area contributed by atoms with Crippen molar-refractivity contribution in [3.63, 3.8) is 0 Å². The van der Waals surface area contributed by atoms with Gasteiger partial charge in [-0.05, 0) is 60.4 Å². The average molecular weight is 586 g/mol. The Bertz CT molecular complexity index is 1110. The molecule has 0 aromatic heterocycles. The average Bonchev–Trinajstić information content (AvgIpc) is 2.91. The minimum absolute atomic E-state index is 0.0748. The molecule has 0 spiro atoms. The van der Waals surface area contributed by atoms with E-state index in [0.717, 1.165) is 28.4 Å². The number of hydrogen-bond donors (Lipinski definition) is 1. The summed E-state index contributed by atoms with van der Waals surface area (Å²) >= 11 is 9.41. The fraction of sp³-hybridized carbons (Fsp3) is 0.333. The Labute approximate surface area is 233 Å². The minimum Gasteiger partial charge on any atom is -0.494 e. The van der Waals surface area contributed by atoms with Crippen LogP contribution in [-0.2, 0) is 22.6 Å². The Balaban J connectivity index is 1.76. The molecule has 0 saturated carbocycles. The van der Waals surface area contributed by atoms with Crippen molar-refractivity contribution in [1.82, 2.24) is 10.2 Å². The second kappa shape index (κ2) is 15.4. The van der Waals surface area contributed by atoms with Crippen molar-refractivity contribution in [2.24, 2.45) is 0 Å². The van der Waals surface area contributed by atoms with Crippen LogP contribution in [0.4, 0.5) is 0 Å². The third kappa shape index (κ3) is 9.86. The molecule has 1 unspecified atom stereocenters. The monoisotopic (exact) mass is 584 g/mol. The zero-order valence-electron chi connectivity index (χ0n) is 21.2. The number of nitrogens with zero attached hydrogens (tertiary/aromatic N) is 1. The largest absolute Gasteiger partial charge is 0.494 e. The molecule has 3 aromatic rings. The molecule has 7 heteroatoms. The van der Waals surface area contributed by atoms with Crippen molar-refractivity contribution >= 4 is 39.3 Å². The molecule has 196 valence electrons. The lowest BCUT2D eigenvalue weighted by Crippen LogP contribution is -2.50. The molecule has 0 bridgehead atoms. The first-order valence-corrected chi connectivity index (χ1v) is 13.9. The lowest BCUT2D eigenvalue weighted by atomic mass is 10.0. The molecular weight excluding hydrogens is 552 g/mol. The molecule has 0 radical (unpaired) electrons. The fourth-order valence-corrected chi connectivity index (χ4v) is 4.32. The van der Waals surface area contributed by atoms with Gasteiger partial charge in [0.1, 0.15) is 11.8 Å². The van der Waals surface area contributed by atoms with Gasteiger partial charge in [-0.2, -0.15) is 0 Å². The summed E-state index contributed by atoms with van der Waals surface area (Å²) in [7, 11) is 0. The SMILES string of the molecule is CCCCNC(=O)C(Cc1ccccc1)N(Cc1ccc(Br)cc1)C(=O)CCCOc1ccc(Cl)cc1. The standard InChI is InChI=1S/C30H34BrClN2O3/c1-2-3-19-33-30(36)28(21-23-8-5-4-6-9-23)34(22-24-11-13-25(31)14-12-24)29(35)10-7-20-37-27-17-15-26(32)16-18-27/h4-6,8-9,11-18,28H,2-3,7,10,19-22H2,1H3,(H,33,36). The maximum Gasteiger partial charge on any atom is 0.243 e. The molecule has 3 aromatic carbocycles. The molecule has 1 atom stereocenters. The summed E-state index contributed by atoms with van der Waals surface area (Å²) in [6.45, 7) is 3.42. The van der Waals surface area contributed by atoms with Crippen LogP contribution in [-0.4, -0.2) is 35.9 Å². The van der Waals surface area contributed by atoms with Crippen molar-refractivity contribution < 1.29 is 14.3 Å². The van der Waals surface area contributed by atoms with E-state index in [2.05, 4.69) is 28.2 Å². The summed E-state index contributed by atoms with van der Waals surface area (Å²) in [6, 6.07) is 24.2. The highest BCUT2D eigenvalue weighted by Gasteiger charge is 2.30. The molecule has 3 rings (SSSR count). The van der Waals surface area contributed by atoms with Crippen LogP contribution in [0.15, 0.2) is 83.3 Å². The predicted molar refractivity (Wildman–Crippen MR) is 153 cm³/mol. The van der Waals surface area contributed by atoms with E-state index in [1.165, 1.54) is 0 Å². The van der Waals surface area contributed by atoms with Gasteiger partial charge in [-0.3, -0.25) is 9.59 Å². The minimum atomic E-state index is -0.618. The molecule has 0 aliphatic heterocycles. The van der Waals surface area contributed by atoms with Crippen LogP contribution in [0.3, 0.4) is 0 Å². The number of amides is 2. The Hall–Kier alpha value is -2.83. The molecule has 0 aliphatic carbocycles. The fourth-order valence-electron chi connectivity index (χ4n) is 3.93. The number of halogens is 2. The normalized spacial score (nSPS) is 11.5. The van der Waals surface area contributed by atoms with Crippen LogP contribution >= 0.6 is 27.5 Å². The molecule has 2 amide bonds. The molecule has 0 saturated heterocycles. The topological polar surface area (TPSA) is 58.6 Å². The van der Waals surface area contributed by atoms with Crippen LogP contribution in [0.1, 0.15) is 43.7 Å². The summed E-state index contributed by atoms with van der Waals surface area (Å²) in [5.41, 5.74) is 1.98. The number of carbonyl (C=O) groups excluding carboxylic acids is 2. The van der Waals surface area contributed by atoms with Gasteiger partial charge in [0.2, 0.25) is 11.8 Å². The van der Waals surface area contributed by atoms with Crippen LogP contribution in [0.5, 0.6) is 5.75 Å². The van der Waals surface area contributed by atoms with Crippen LogP contribution < -0.4 is 10.1 Å². The Morgan fingerprint density at radius 1 is 0.946 bits per heavy atom. The van der Waals surface area contributed by atoms with E-state index in [0.29, 0.717) is 43.3 Å². The summed E-state index contributed by atoms with van der Waals surface area (Å²) in [6.07, 6.45) is 3.14. The van der Waals surface area contributed by atoms with E-state index in [-0.39, 0.29) is 18.2 Å². The molecular formula is C30H34BrClN2O3. The van der Waals surface area contributed by atoms with Crippen molar-refractivity contribution in [1.29, 1.82) is 0 Å². The zero-order valence-corrected chi connectivity index (χ0v) is 23.5. The van der Waals surface area contributed by atoms with Gasteiger partial charge in [0.15, 0.2) is 0 Å². The van der Waals surface area contributed by atoms with E-state index < -0.39 is 6.04 Å². The van der Waals surface area contributed by atoms with Gasteiger partial charge in [0.05, 0.1) is 6.61 Å². The number of ether oxygens (including phenoxy) is 1. The number of nitrogens with one attached hydrogen (secondary N) is 1. The summed E-state index contributed by atoms with van der Waals surface area (Å²) in [5.74, 6) is 0.509. The molecule has 5 nitrogen and oxygen atoms in total. The number of carbonyl (C=O) groups is 2. The van der Waals surface area contributed by atoms with Gasteiger partial charge in [0.25, 0.3) is 0 Å². The third-order valence-electron chi connectivity index (χ3n) is 5.98. The van der Waals surface area contributed by atoms with Gasteiger partial charge in [-0.15, -0.1) is 0 Å². The van der Waals surface area contributed by atoms with Crippen molar-refractivity contribution in [2.75, 3.05) is 13.2 Å². The van der Waals surface area contributed by atoms with Crippen LogP contribution in [0.25, 0.3) is 0 Å². The Kier molecular flexibility index (Phi) is 12.0. The summed E-state index contributed by atoms with van der Waals surface area (Å²) in [5, 5.41) is 3.70. The van der Waals surface area contributed by atoms with Crippen molar-refractivity contribution in [3.05, 3.63) is 99.5 Å². The van der Waals surface area contributed by atoms with E-state index in [1.807, 2.05) is 54.6 Å². The summed E-state index contributed by atoms with van der Waals surface area (Å²) in [4.78, 5) is 28.7. The quantitative estimate of drug-likeness (QED) is 0.211. The predicted octanol–water partition coefficient (Wildman–Crippen LogP) is 6.82. The summed E-state index contributed by atoms with van der Waals surface area (Å²) < 4.78 is 6.74. The van der Waals surface area contributed by atoms with Crippen LogP contribution in [0.2, 0.25) is 5.02 Å². The van der Waals surface area contributed by atoms with Crippen molar-refractivity contribution in [2.45, 2.75) is 51.6 Å². The second-order valence-corrected chi connectivity index (χ2v) is 10.3. The molecule has 37 heavy (non-hydrogen) atoms. The number of rotatable bonds is 14. The maximum atomic E-state index is 13.6. The first-order valence-electron chi connectivity index (χ1n) is 12.7. The van der Waals surface area contributed by atoms with Gasteiger partial charge < -0.3 is 15.0 Å². The highest BCUT2D eigenvalue weighted by Crippen LogP contribution is 2.19. The molecule has 0 aliphatic rings. The number of benzene rings is 3. The lowest BCUT2D eigenvalue weighted by Gasteiger charge is -2.31. The molecule has 0 heterocycles. The third-order valence-corrected chi connectivity index (χ3v) is 6.76. The lowest BCUT2D eigenvalue weighted by molar-refractivity contribution is -0.141. The van der Waals surface area contributed by atoms with Gasteiger partial charge in [-0.25, -0.2) is 0 Å². The van der Waals surface area contributed by atoms with Gasteiger partial charge in [0, 0.05) is 35.4 Å². The molecule has 0 fully saturated rings. The maximum absolute atomic E-state index is 13.6. The zero-order chi connectivity index (χ0) is 26.5. The van der Waals surface area contributed by atoms with Gasteiger partial charge in [-0.1, -0.05) is 83.3 Å². The highest BCUT2D eigenvalue weighted by molar-refractivity contribution is 9.10. The van der Waals surface area contributed by atoms with E-state index in [9.17, 15) is 9.59 Å². The number of hydrogen-bond acceptors (Lipinski definition) is 3. The van der Waals surface area contributed by atoms with Crippen LogP contribution in [0, 0.1) is 0 Å². The first kappa shape index (κ1) is 28.7. The highest BCUT2D eigenvalue weighted by atomic mass is 79.9. The van der Waals surface area contributed by atoms with Crippen molar-refractivity contribution in [3.8, 4) is 5.75 Å². The smallest absolute Gasteiger partial charge is 0.243 e. The second-order valence-electron chi connectivity index (χ2n) is 8.90. The van der Waals surface area contributed by atoms with Gasteiger partial charge >= 0.3 is 0 Å². The van der Waals surface area contributed by atoms with E-state index in [1.54, 1.807) is 29.2 Å². The van der Waals surface area contributed by atoms with E-state index >= 15 is 0 Å².